The number of hydrogen-bond donors (Lipinski definition) is 1. The molecule has 0 amide bonds. The Bertz CT molecular complexity index is 583. The quantitative estimate of drug-likeness (QED) is 0.681. The molecule has 86 valence electrons. The number of rotatable bonds is 2. The van der Waals surface area contributed by atoms with Crippen molar-refractivity contribution in [3.05, 3.63) is 63.9 Å². The minimum absolute atomic E-state index is 0.283. The van der Waals surface area contributed by atoms with E-state index in [4.69, 9.17) is 5.73 Å². The summed E-state index contributed by atoms with van der Waals surface area (Å²) in [7, 11) is 0. The van der Waals surface area contributed by atoms with Gasteiger partial charge in [-0.25, -0.2) is 4.39 Å². The zero-order chi connectivity index (χ0) is 12.4. The van der Waals surface area contributed by atoms with Gasteiger partial charge in [0.1, 0.15) is 5.82 Å². The Morgan fingerprint density at radius 2 is 1.94 bits per heavy atom. The molecular formula is C13H9BrFNO. The van der Waals surface area contributed by atoms with Gasteiger partial charge in [-0.1, -0.05) is 28.1 Å². The number of nitrogen functional groups attached to an aromatic ring is 1. The molecule has 2 N–H and O–H groups in total. The molecule has 0 radical (unpaired) electrons. The normalized spacial score (nSPS) is 10.2. The molecule has 0 saturated heterocycles. The lowest BCUT2D eigenvalue weighted by Gasteiger charge is -2.05. The summed E-state index contributed by atoms with van der Waals surface area (Å²) in [6.07, 6.45) is 0. The third kappa shape index (κ3) is 2.53. The van der Waals surface area contributed by atoms with Crippen LogP contribution in [0.25, 0.3) is 0 Å². The number of carbonyl (C=O) groups is 1. The molecule has 17 heavy (non-hydrogen) atoms. The van der Waals surface area contributed by atoms with Gasteiger partial charge in [-0.3, -0.25) is 4.79 Å². The molecule has 0 aromatic heterocycles. The monoisotopic (exact) mass is 293 g/mol. The van der Waals surface area contributed by atoms with Crippen molar-refractivity contribution in [1.82, 2.24) is 0 Å². The highest BCUT2D eigenvalue weighted by Crippen LogP contribution is 2.21. The van der Waals surface area contributed by atoms with E-state index in [2.05, 4.69) is 15.9 Å². The molecule has 2 aromatic rings. The zero-order valence-corrected chi connectivity index (χ0v) is 10.4. The third-order valence-corrected chi connectivity index (χ3v) is 2.84. The second-order valence-electron chi connectivity index (χ2n) is 3.57. The summed E-state index contributed by atoms with van der Waals surface area (Å²) in [5.74, 6) is -0.721. The highest BCUT2D eigenvalue weighted by atomic mass is 79.9. The Morgan fingerprint density at radius 3 is 2.59 bits per heavy atom. The van der Waals surface area contributed by atoms with Crippen molar-refractivity contribution in [2.75, 3.05) is 5.73 Å². The van der Waals surface area contributed by atoms with E-state index in [1.54, 1.807) is 24.3 Å². The van der Waals surface area contributed by atoms with Crippen LogP contribution in [0.1, 0.15) is 15.9 Å². The second kappa shape index (κ2) is 4.67. The van der Waals surface area contributed by atoms with E-state index < -0.39 is 5.82 Å². The minimum atomic E-state index is -0.438. The van der Waals surface area contributed by atoms with Crippen LogP contribution in [0.2, 0.25) is 0 Å². The zero-order valence-electron chi connectivity index (χ0n) is 8.78. The molecule has 2 nitrogen and oxygen atoms in total. The standard InChI is InChI=1S/C13H9BrFNO/c14-9-4-5-11(12(16)7-9)13(17)8-2-1-3-10(15)6-8/h1-7H,16H2. The molecule has 0 heterocycles. The minimum Gasteiger partial charge on any atom is -0.398 e. The molecule has 0 spiro atoms. The van der Waals surface area contributed by atoms with Crippen LogP contribution in [-0.4, -0.2) is 5.78 Å². The molecule has 4 heteroatoms. The first-order valence-corrected chi connectivity index (χ1v) is 5.72. The lowest BCUT2D eigenvalue weighted by molar-refractivity contribution is 0.103. The van der Waals surface area contributed by atoms with Crippen LogP contribution in [-0.2, 0) is 0 Å². The smallest absolute Gasteiger partial charge is 0.195 e. The summed E-state index contributed by atoms with van der Waals surface area (Å²) in [6.45, 7) is 0. The van der Waals surface area contributed by atoms with Gasteiger partial charge in [-0.2, -0.15) is 0 Å². The Kier molecular flexibility index (Phi) is 3.24. The molecule has 2 rings (SSSR count). The van der Waals surface area contributed by atoms with Gasteiger partial charge in [0, 0.05) is 21.3 Å². The van der Waals surface area contributed by atoms with Crippen molar-refractivity contribution >= 4 is 27.4 Å². The number of carbonyl (C=O) groups excluding carboxylic acids is 1. The van der Waals surface area contributed by atoms with E-state index in [0.717, 1.165) is 4.47 Å². The molecule has 2 aromatic carbocycles. The molecular weight excluding hydrogens is 285 g/mol. The molecule has 0 unspecified atom stereocenters. The fraction of sp³-hybridized carbons (Fsp3) is 0. The molecule has 0 saturated carbocycles. The van der Waals surface area contributed by atoms with E-state index in [-0.39, 0.29) is 5.78 Å². The Hall–Kier alpha value is -1.68. The summed E-state index contributed by atoms with van der Waals surface area (Å²) in [5, 5.41) is 0. The first-order chi connectivity index (χ1) is 8.08. The van der Waals surface area contributed by atoms with Crippen LogP contribution in [0.3, 0.4) is 0 Å². The third-order valence-electron chi connectivity index (χ3n) is 2.35. The Labute approximate surface area is 106 Å². The number of nitrogens with two attached hydrogens (primary N) is 1. The number of anilines is 1. The summed E-state index contributed by atoms with van der Waals surface area (Å²) in [6, 6.07) is 10.5. The maximum absolute atomic E-state index is 13.0. The lowest BCUT2D eigenvalue weighted by Crippen LogP contribution is -2.05. The van der Waals surface area contributed by atoms with Crippen LogP contribution < -0.4 is 5.73 Å². The van der Waals surface area contributed by atoms with Crippen molar-refractivity contribution in [2.45, 2.75) is 0 Å². The van der Waals surface area contributed by atoms with Crippen molar-refractivity contribution in [1.29, 1.82) is 0 Å². The maximum Gasteiger partial charge on any atom is 0.195 e. The van der Waals surface area contributed by atoms with Crippen LogP contribution in [0, 0.1) is 5.82 Å². The highest BCUT2D eigenvalue weighted by molar-refractivity contribution is 9.10. The van der Waals surface area contributed by atoms with Gasteiger partial charge in [-0.05, 0) is 30.3 Å². The van der Waals surface area contributed by atoms with Gasteiger partial charge >= 0.3 is 0 Å². The maximum atomic E-state index is 13.0. The van der Waals surface area contributed by atoms with Crippen molar-refractivity contribution in [3.8, 4) is 0 Å². The van der Waals surface area contributed by atoms with E-state index in [1.165, 1.54) is 18.2 Å². The van der Waals surface area contributed by atoms with Gasteiger partial charge < -0.3 is 5.73 Å². The number of ketones is 1. The first kappa shape index (κ1) is 11.8. The lowest BCUT2D eigenvalue weighted by atomic mass is 10.0. The molecule has 0 aliphatic rings. The average molecular weight is 294 g/mol. The van der Waals surface area contributed by atoms with E-state index >= 15 is 0 Å². The van der Waals surface area contributed by atoms with Crippen molar-refractivity contribution in [3.63, 3.8) is 0 Å². The summed E-state index contributed by atoms with van der Waals surface area (Å²) in [4.78, 5) is 12.1. The summed E-state index contributed by atoms with van der Waals surface area (Å²) in [5.41, 5.74) is 6.79. The molecule has 0 aliphatic heterocycles. The van der Waals surface area contributed by atoms with Gasteiger partial charge in [0.15, 0.2) is 5.78 Å². The van der Waals surface area contributed by atoms with Gasteiger partial charge in [0.05, 0.1) is 0 Å². The van der Waals surface area contributed by atoms with Crippen LogP contribution in [0.5, 0.6) is 0 Å². The summed E-state index contributed by atoms with van der Waals surface area (Å²) < 4.78 is 13.8. The molecule has 0 aliphatic carbocycles. The van der Waals surface area contributed by atoms with Crippen LogP contribution >= 0.6 is 15.9 Å². The molecule has 0 atom stereocenters. The number of hydrogen-bond acceptors (Lipinski definition) is 2. The van der Waals surface area contributed by atoms with Gasteiger partial charge in [0.25, 0.3) is 0 Å². The van der Waals surface area contributed by atoms with Gasteiger partial charge in [-0.15, -0.1) is 0 Å². The predicted molar refractivity (Wildman–Crippen MR) is 68.4 cm³/mol. The fourth-order valence-electron chi connectivity index (χ4n) is 1.53. The summed E-state index contributed by atoms with van der Waals surface area (Å²) >= 11 is 3.26. The number of halogens is 2. The largest absolute Gasteiger partial charge is 0.398 e. The predicted octanol–water partition coefficient (Wildman–Crippen LogP) is 3.40. The SMILES string of the molecule is Nc1cc(Br)ccc1C(=O)c1cccc(F)c1. The topological polar surface area (TPSA) is 43.1 Å². The average Bonchev–Trinajstić information content (AvgIpc) is 2.28. The van der Waals surface area contributed by atoms with E-state index in [1.807, 2.05) is 0 Å². The van der Waals surface area contributed by atoms with Crippen LogP contribution in [0.15, 0.2) is 46.9 Å². The van der Waals surface area contributed by atoms with E-state index in [0.29, 0.717) is 16.8 Å². The van der Waals surface area contributed by atoms with Crippen LogP contribution in [0.4, 0.5) is 10.1 Å². The first-order valence-electron chi connectivity index (χ1n) is 4.93. The van der Waals surface area contributed by atoms with Crippen molar-refractivity contribution < 1.29 is 9.18 Å². The highest BCUT2D eigenvalue weighted by Gasteiger charge is 2.12. The Balaban J connectivity index is 2.44. The van der Waals surface area contributed by atoms with Gasteiger partial charge in [0.2, 0.25) is 0 Å². The molecule has 0 bridgehead atoms. The Morgan fingerprint density at radius 1 is 1.18 bits per heavy atom. The molecule has 0 fully saturated rings. The fourth-order valence-corrected chi connectivity index (χ4v) is 1.90. The number of benzene rings is 2. The van der Waals surface area contributed by atoms with Crippen molar-refractivity contribution in [2.24, 2.45) is 0 Å². The second-order valence-corrected chi connectivity index (χ2v) is 4.49. The van der Waals surface area contributed by atoms with E-state index in [9.17, 15) is 9.18 Å².